The van der Waals surface area contributed by atoms with Gasteiger partial charge in [0.2, 0.25) is 0 Å². The first kappa shape index (κ1) is 14.1. The van der Waals surface area contributed by atoms with Crippen LogP contribution in [0.4, 0.5) is 0 Å². The minimum Gasteiger partial charge on any atom is -0.493 e. The summed E-state index contributed by atoms with van der Waals surface area (Å²) in [5.74, 6) is 3.12. The Morgan fingerprint density at radius 3 is 2.58 bits per heavy atom. The molecule has 0 unspecified atom stereocenters. The first-order valence-electron chi connectivity index (χ1n) is 6.25. The van der Waals surface area contributed by atoms with E-state index in [2.05, 4.69) is 0 Å². The highest BCUT2D eigenvalue weighted by molar-refractivity contribution is 7.99. The molecule has 0 aromatic heterocycles. The van der Waals surface area contributed by atoms with Crippen LogP contribution in [0, 0.1) is 0 Å². The molecular formula is C14H18O4S. The van der Waals surface area contributed by atoms with Crippen molar-refractivity contribution < 1.29 is 19.0 Å². The number of thioether (sulfide) groups is 1. The second kappa shape index (κ2) is 6.70. The molecule has 5 heteroatoms. The number of hydrogen-bond acceptors (Lipinski definition) is 5. The molecule has 1 saturated heterocycles. The van der Waals surface area contributed by atoms with Gasteiger partial charge in [-0.3, -0.25) is 0 Å². The van der Waals surface area contributed by atoms with Gasteiger partial charge in [-0.2, -0.15) is 11.8 Å². The van der Waals surface area contributed by atoms with Crippen molar-refractivity contribution in [2.45, 2.75) is 18.9 Å². The lowest BCUT2D eigenvalue weighted by molar-refractivity contribution is 0.0599. The molecule has 0 saturated carbocycles. The molecule has 1 aliphatic rings. The van der Waals surface area contributed by atoms with Gasteiger partial charge in [-0.15, -0.1) is 0 Å². The van der Waals surface area contributed by atoms with Gasteiger partial charge in [0.05, 0.1) is 19.8 Å². The Morgan fingerprint density at radius 2 is 1.95 bits per heavy atom. The van der Waals surface area contributed by atoms with Crippen LogP contribution in [-0.4, -0.2) is 37.8 Å². The summed E-state index contributed by atoms with van der Waals surface area (Å²) in [7, 11) is 2.96. The fourth-order valence-electron chi connectivity index (χ4n) is 1.99. The van der Waals surface area contributed by atoms with Crippen LogP contribution in [0.2, 0.25) is 0 Å². The molecule has 1 aromatic rings. The monoisotopic (exact) mass is 282 g/mol. The molecule has 1 aliphatic heterocycles. The SMILES string of the molecule is COC(=O)c1ccc(OC)c(OC2CCSCC2)c1. The van der Waals surface area contributed by atoms with Gasteiger partial charge < -0.3 is 14.2 Å². The Labute approximate surface area is 117 Å². The van der Waals surface area contributed by atoms with Gasteiger partial charge in [0, 0.05) is 0 Å². The minimum absolute atomic E-state index is 0.197. The number of ether oxygens (including phenoxy) is 3. The maximum absolute atomic E-state index is 11.5. The second-order valence-corrected chi connectivity index (χ2v) is 5.51. The molecule has 1 fully saturated rings. The van der Waals surface area contributed by atoms with E-state index in [0.29, 0.717) is 17.1 Å². The summed E-state index contributed by atoms with van der Waals surface area (Å²) in [6.07, 6.45) is 2.25. The van der Waals surface area contributed by atoms with Gasteiger partial charge in [0.25, 0.3) is 0 Å². The molecule has 0 amide bonds. The van der Waals surface area contributed by atoms with Gasteiger partial charge in [-0.05, 0) is 42.5 Å². The Kier molecular flexibility index (Phi) is 4.96. The number of esters is 1. The molecule has 0 N–H and O–H groups in total. The third-order valence-electron chi connectivity index (χ3n) is 3.05. The first-order valence-corrected chi connectivity index (χ1v) is 7.41. The van der Waals surface area contributed by atoms with Crippen LogP contribution in [0.5, 0.6) is 11.5 Å². The number of hydrogen-bond donors (Lipinski definition) is 0. The van der Waals surface area contributed by atoms with E-state index in [1.807, 2.05) is 11.8 Å². The molecule has 1 aromatic carbocycles. The van der Waals surface area contributed by atoms with E-state index in [0.717, 1.165) is 24.3 Å². The summed E-state index contributed by atoms with van der Waals surface area (Å²) in [4.78, 5) is 11.5. The molecule has 0 aliphatic carbocycles. The normalized spacial score (nSPS) is 15.9. The van der Waals surface area contributed by atoms with E-state index >= 15 is 0 Å². The van der Waals surface area contributed by atoms with E-state index in [1.54, 1.807) is 25.3 Å². The Morgan fingerprint density at radius 1 is 1.21 bits per heavy atom. The lowest BCUT2D eigenvalue weighted by Crippen LogP contribution is -2.22. The zero-order valence-electron chi connectivity index (χ0n) is 11.2. The van der Waals surface area contributed by atoms with Crippen molar-refractivity contribution in [1.82, 2.24) is 0 Å². The van der Waals surface area contributed by atoms with Gasteiger partial charge in [-0.25, -0.2) is 4.79 Å². The Balaban J connectivity index is 2.17. The minimum atomic E-state index is -0.369. The summed E-state index contributed by atoms with van der Waals surface area (Å²) >= 11 is 1.95. The highest BCUT2D eigenvalue weighted by Crippen LogP contribution is 2.31. The van der Waals surface area contributed by atoms with Gasteiger partial charge >= 0.3 is 5.97 Å². The molecule has 104 valence electrons. The van der Waals surface area contributed by atoms with Crippen molar-refractivity contribution in [3.05, 3.63) is 23.8 Å². The third-order valence-corrected chi connectivity index (χ3v) is 4.10. The fraction of sp³-hybridized carbons (Fsp3) is 0.500. The summed E-state index contributed by atoms with van der Waals surface area (Å²) < 4.78 is 16.0. The highest BCUT2D eigenvalue weighted by atomic mass is 32.2. The van der Waals surface area contributed by atoms with Crippen LogP contribution in [0.15, 0.2) is 18.2 Å². The maximum Gasteiger partial charge on any atom is 0.337 e. The predicted molar refractivity (Wildman–Crippen MR) is 75.3 cm³/mol. The molecule has 0 atom stereocenters. The summed E-state index contributed by atoms with van der Waals surface area (Å²) in [5.41, 5.74) is 0.475. The van der Waals surface area contributed by atoms with Crippen molar-refractivity contribution in [1.29, 1.82) is 0 Å². The molecule has 1 heterocycles. The molecule has 19 heavy (non-hydrogen) atoms. The van der Waals surface area contributed by atoms with Gasteiger partial charge in [-0.1, -0.05) is 0 Å². The van der Waals surface area contributed by atoms with Crippen LogP contribution in [0.3, 0.4) is 0 Å². The highest BCUT2D eigenvalue weighted by Gasteiger charge is 2.18. The second-order valence-electron chi connectivity index (χ2n) is 4.29. The quantitative estimate of drug-likeness (QED) is 0.795. The lowest BCUT2D eigenvalue weighted by atomic mass is 10.2. The van der Waals surface area contributed by atoms with E-state index in [4.69, 9.17) is 14.2 Å². The molecule has 0 radical (unpaired) electrons. The number of carbonyl (C=O) groups is 1. The van der Waals surface area contributed by atoms with Crippen molar-refractivity contribution in [2.24, 2.45) is 0 Å². The van der Waals surface area contributed by atoms with E-state index < -0.39 is 0 Å². The predicted octanol–water partition coefficient (Wildman–Crippen LogP) is 2.76. The zero-order valence-corrected chi connectivity index (χ0v) is 12.0. The topological polar surface area (TPSA) is 44.8 Å². The average molecular weight is 282 g/mol. The Bertz CT molecular complexity index is 441. The average Bonchev–Trinajstić information content (AvgIpc) is 2.47. The fourth-order valence-corrected chi connectivity index (χ4v) is 3.05. The van der Waals surface area contributed by atoms with Crippen LogP contribution in [0.1, 0.15) is 23.2 Å². The first-order chi connectivity index (χ1) is 9.24. The molecule has 0 spiro atoms. The van der Waals surface area contributed by atoms with Crippen LogP contribution in [-0.2, 0) is 4.74 Å². The van der Waals surface area contributed by atoms with Crippen molar-refractivity contribution in [3.63, 3.8) is 0 Å². The molecule has 0 bridgehead atoms. The van der Waals surface area contributed by atoms with Crippen LogP contribution >= 0.6 is 11.8 Å². The maximum atomic E-state index is 11.5. The summed E-state index contributed by atoms with van der Waals surface area (Å²) in [6.45, 7) is 0. The molecule has 4 nitrogen and oxygen atoms in total. The summed E-state index contributed by atoms with van der Waals surface area (Å²) in [5, 5.41) is 0. The van der Waals surface area contributed by atoms with Crippen LogP contribution in [0.25, 0.3) is 0 Å². The lowest BCUT2D eigenvalue weighted by Gasteiger charge is -2.23. The number of carbonyl (C=O) groups excluding carboxylic acids is 1. The van der Waals surface area contributed by atoms with E-state index in [1.165, 1.54) is 7.11 Å². The largest absolute Gasteiger partial charge is 0.493 e. The van der Waals surface area contributed by atoms with Gasteiger partial charge in [0.15, 0.2) is 11.5 Å². The van der Waals surface area contributed by atoms with Crippen LogP contribution < -0.4 is 9.47 Å². The number of rotatable bonds is 4. The van der Waals surface area contributed by atoms with Crippen molar-refractivity contribution >= 4 is 17.7 Å². The standard InChI is InChI=1S/C14H18O4S/c1-16-12-4-3-10(14(15)17-2)9-13(12)18-11-5-7-19-8-6-11/h3-4,9,11H,5-8H2,1-2H3. The Hall–Kier alpha value is -1.36. The van der Waals surface area contributed by atoms with Crippen molar-refractivity contribution in [3.8, 4) is 11.5 Å². The molecule has 2 rings (SSSR count). The van der Waals surface area contributed by atoms with E-state index in [9.17, 15) is 4.79 Å². The number of benzene rings is 1. The van der Waals surface area contributed by atoms with E-state index in [-0.39, 0.29) is 12.1 Å². The molecular weight excluding hydrogens is 264 g/mol. The number of methoxy groups -OCH3 is 2. The summed E-state index contributed by atoms with van der Waals surface area (Å²) in [6, 6.07) is 5.10. The smallest absolute Gasteiger partial charge is 0.337 e. The van der Waals surface area contributed by atoms with Crippen molar-refractivity contribution in [2.75, 3.05) is 25.7 Å². The van der Waals surface area contributed by atoms with Gasteiger partial charge in [0.1, 0.15) is 6.10 Å². The third kappa shape index (κ3) is 3.56. The zero-order chi connectivity index (χ0) is 13.7.